The highest BCUT2D eigenvalue weighted by Gasteiger charge is 2.49. The van der Waals surface area contributed by atoms with E-state index in [1.54, 1.807) is 36.7 Å². The molecule has 2 aromatic carbocycles. The van der Waals surface area contributed by atoms with Crippen LogP contribution in [0, 0.1) is 5.41 Å². The fourth-order valence-corrected chi connectivity index (χ4v) is 6.17. The molecule has 0 spiro atoms. The number of aliphatic imine (C=N–C) groups is 1. The van der Waals surface area contributed by atoms with Crippen LogP contribution in [0.3, 0.4) is 0 Å². The molecule has 6 rings (SSSR count). The SMILES string of the molecule is N=Cc1c(-c2ccnc(C3(C4C=N4)Cc4ccccc4C3)c2)ccnc1NS(=O)(=O)c1ccccc1. The number of pyridine rings is 2. The molecule has 1 aliphatic heterocycles. The summed E-state index contributed by atoms with van der Waals surface area (Å²) in [5, 5.41) is 8.08. The summed E-state index contributed by atoms with van der Waals surface area (Å²) in [7, 11) is -3.85. The molecule has 0 radical (unpaired) electrons. The monoisotopic (exact) mass is 493 g/mol. The Kier molecular flexibility index (Phi) is 5.26. The van der Waals surface area contributed by atoms with Crippen LogP contribution in [0.1, 0.15) is 22.4 Å². The Morgan fingerprint density at radius 2 is 1.58 bits per heavy atom. The summed E-state index contributed by atoms with van der Waals surface area (Å²) in [5.41, 5.74) is 5.28. The molecule has 8 heteroatoms. The van der Waals surface area contributed by atoms with Gasteiger partial charge in [-0.2, -0.15) is 0 Å². The molecule has 1 aliphatic carbocycles. The minimum atomic E-state index is -3.85. The standard InChI is InChI=1S/C28H23N5O2S/c29-17-24-23(11-13-31-27(24)33-36(34,35)22-8-2-1-3-9-22)19-10-12-30-25(14-19)28(26-18-32-26)15-20-6-4-5-7-21(20)16-28/h1-14,17-18,26,29H,15-16H2,(H,31,33). The van der Waals surface area contributed by atoms with Crippen LogP contribution in [0.25, 0.3) is 11.1 Å². The van der Waals surface area contributed by atoms with E-state index in [1.807, 2.05) is 18.3 Å². The topological polar surface area (TPSA) is 108 Å². The van der Waals surface area contributed by atoms with Crippen molar-refractivity contribution in [2.75, 3.05) is 4.72 Å². The summed E-state index contributed by atoms with van der Waals surface area (Å²) in [6.07, 6.45) is 8.18. The maximum atomic E-state index is 12.9. The lowest BCUT2D eigenvalue weighted by molar-refractivity contribution is 0.439. The van der Waals surface area contributed by atoms with Gasteiger partial charge in [-0.05, 0) is 65.4 Å². The van der Waals surface area contributed by atoms with E-state index in [0.717, 1.165) is 30.3 Å². The number of anilines is 1. The number of fused-ring (bicyclic) bond motifs is 1. The molecule has 0 amide bonds. The smallest absolute Gasteiger partial charge is 0.263 e. The Balaban J connectivity index is 1.39. The van der Waals surface area contributed by atoms with Crippen LogP contribution in [0.5, 0.6) is 0 Å². The summed E-state index contributed by atoms with van der Waals surface area (Å²) >= 11 is 0. The van der Waals surface area contributed by atoms with E-state index < -0.39 is 10.0 Å². The number of sulfonamides is 1. The predicted octanol–water partition coefficient (Wildman–Crippen LogP) is 4.43. The van der Waals surface area contributed by atoms with Gasteiger partial charge in [-0.15, -0.1) is 0 Å². The van der Waals surface area contributed by atoms with Gasteiger partial charge in [0.2, 0.25) is 0 Å². The summed E-state index contributed by atoms with van der Waals surface area (Å²) in [4.78, 5) is 13.7. The fourth-order valence-electron chi connectivity index (χ4n) is 5.12. The maximum Gasteiger partial charge on any atom is 0.263 e. The predicted molar refractivity (Wildman–Crippen MR) is 140 cm³/mol. The van der Waals surface area contributed by atoms with Gasteiger partial charge in [-0.1, -0.05) is 42.5 Å². The van der Waals surface area contributed by atoms with E-state index in [1.165, 1.54) is 23.3 Å². The van der Waals surface area contributed by atoms with Crippen LogP contribution in [-0.2, 0) is 28.3 Å². The number of nitrogens with zero attached hydrogens (tertiary/aromatic N) is 3. The van der Waals surface area contributed by atoms with Crippen LogP contribution >= 0.6 is 0 Å². The first-order valence-electron chi connectivity index (χ1n) is 11.6. The van der Waals surface area contributed by atoms with E-state index in [-0.39, 0.29) is 22.2 Å². The molecule has 0 saturated heterocycles. The Labute approximate surface area is 209 Å². The van der Waals surface area contributed by atoms with Crippen molar-refractivity contribution in [1.29, 1.82) is 5.41 Å². The third kappa shape index (κ3) is 3.79. The molecule has 0 fully saturated rings. The second-order valence-corrected chi connectivity index (χ2v) is 10.8. The largest absolute Gasteiger partial charge is 0.308 e. The fraction of sp³-hybridized carbons (Fsp3) is 0.143. The van der Waals surface area contributed by atoms with Crippen LogP contribution in [-0.4, -0.2) is 36.9 Å². The van der Waals surface area contributed by atoms with Crippen molar-refractivity contribution >= 4 is 28.3 Å². The molecule has 0 bridgehead atoms. The zero-order valence-corrected chi connectivity index (χ0v) is 20.1. The average Bonchev–Trinajstić information content (AvgIpc) is 3.69. The highest BCUT2D eigenvalue weighted by molar-refractivity contribution is 7.92. The van der Waals surface area contributed by atoms with Crippen molar-refractivity contribution in [2.24, 2.45) is 4.99 Å². The molecule has 3 heterocycles. The molecule has 1 unspecified atom stereocenters. The molecule has 7 nitrogen and oxygen atoms in total. The van der Waals surface area contributed by atoms with Crippen LogP contribution in [0.15, 0.2) is 95.1 Å². The maximum absolute atomic E-state index is 12.9. The van der Waals surface area contributed by atoms with E-state index >= 15 is 0 Å². The van der Waals surface area contributed by atoms with E-state index in [9.17, 15) is 8.42 Å². The van der Waals surface area contributed by atoms with Gasteiger partial charge in [0.1, 0.15) is 5.82 Å². The highest BCUT2D eigenvalue weighted by atomic mass is 32.2. The number of benzene rings is 2. The number of rotatable bonds is 7. The Bertz CT molecular complexity index is 1590. The third-order valence-electron chi connectivity index (χ3n) is 6.99. The van der Waals surface area contributed by atoms with Crippen molar-refractivity contribution in [1.82, 2.24) is 9.97 Å². The number of hydrogen-bond acceptors (Lipinski definition) is 6. The lowest BCUT2D eigenvalue weighted by atomic mass is 9.76. The quantitative estimate of drug-likeness (QED) is 0.371. The molecule has 1 atom stereocenters. The number of aromatic nitrogens is 2. The summed E-state index contributed by atoms with van der Waals surface area (Å²) < 4.78 is 28.4. The number of nitrogens with one attached hydrogen (secondary N) is 2. The van der Waals surface area contributed by atoms with Gasteiger partial charge < -0.3 is 5.41 Å². The first-order chi connectivity index (χ1) is 17.5. The molecule has 4 aromatic rings. The molecule has 2 N–H and O–H groups in total. The molecule has 36 heavy (non-hydrogen) atoms. The van der Waals surface area contributed by atoms with Gasteiger partial charge in [0.15, 0.2) is 0 Å². The lowest BCUT2D eigenvalue weighted by Gasteiger charge is -2.28. The molecular formula is C28H23N5O2S. The lowest BCUT2D eigenvalue weighted by Crippen LogP contribution is -2.35. The molecule has 2 aliphatic rings. The zero-order chi connectivity index (χ0) is 24.8. The second kappa shape index (κ2) is 8.49. The van der Waals surface area contributed by atoms with Crippen molar-refractivity contribution in [3.63, 3.8) is 0 Å². The van der Waals surface area contributed by atoms with E-state index in [0.29, 0.717) is 11.1 Å². The van der Waals surface area contributed by atoms with Crippen molar-refractivity contribution < 1.29 is 8.42 Å². The zero-order valence-electron chi connectivity index (χ0n) is 19.3. The third-order valence-corrected chi connectivity index (χ3v) is 8.35. The van der Waals surface area contributed by atoms with Crippen LogP contribution in [0.4, 0.5) is 5.82 Å². The van der Waals surface area contributed by atoms with Gasteiger partial charge in [0.25, 0.3) is 10.0 Å². The minimum Gasteiger partial charge on any atom is -0.308 e. The van der Waals surface area contributed by atoms with Crippen LogP contribution < -0.4 is 4.72 Å². The minimum absolute atomic E-state index is 0.109. The van der Waals surface area contributed by atoms with Gasteiger partial charge in [0, 0.05) is 35.8 Å². The Hall–Kier alpha value is -4.17. The first-order valence-corrected chi connectivity index (χ1v) is 13.1. The Morgan fingerprint density at radius 3 is 2.25 bits per heavy atom. The van der Waals surface area contributed by atoms with Crippen molar-refractivity contribution in [3.05, 3.63) is 108 Å². The highest BCUT2D eigenvalue weighted by Crippen LogP contribution is 2.45. The van der Waals surface area contributed by atoms with Gasteiger partial charge >= 0.3 is 0 Å². The Morgan fingerprint density at radius 1 is 0.917 bits per heavy atom. The number of hydrogen-bond donors (Lipinski definition) is 2. The first kappa shape index (κ1) is 22.3. The molecular weight excluding hydrogens is 470 g/mol. The van der Waals surface area contributed by atoms with Crippen molar-refractivity contribution in [3.8, 4) is 11.1 Å². The summed E-state index contributed by atoms with van der Waals surface area (Å²) in [5.74, 6) is 0.109. The molecule has 2 aromatic heterocycles. The normalized spacial score (nSPS) is 17.4. The van der Waals surface area contributed by atoms with Gasteiger partial charge in [-0.3, -0.25) is 14.7 Å². The molecule has 0 saturated carbocycles. The molecule has 178 valence electrons. The van der Waals surface area contributed by atoms with E-state index in [2.05, 4.69) is 39.0 Å². The van der Waals surface area contributed by atoms with Gasteiger partial charge in [-0.25, -0.2) is 13.4 Å². The average molecular weight is 494 g/mol. The second-order valence-electron chi connectivity index (χ2n) is 9.13. The van der Waals surface area contributed by atoms with Crippen molar-refractivity contribution in [2.45, 2.75) is 29.2 Å². The van der Waals surface area contributed by atoms with E-state index in [4.69, 9.17) is 10.4 Å². The van der Waals surface area contributed by atoms with Crippen LogP contribution in [0.2, 0.25) is 0 Å². The van der Waals surface area contributed by atoms with Gasteiger partial charge in [0.05, 0.1) is 16.6 Å². The summed E-state index contributed by atoms with van der Waals surface area (Å²) in [6, 6.07) is 22.4. The summed E-state index contributed by atoms with van der Waals surface area (Å²) in [6.45, 7) is 0.